The van der Waals surface area contributed by atoms with Gasteiger partial charge in [-0.2, -0.15) is 0 Å². The topological polar surface area (TPSA) is 54.0 Å². The number of halogens is 1. The molecule has 94 valence electrons. The third kappa shape index (κ3) is 4.12. The summed E-state index contributed by atoms with van der Waals surface area (Å²) in [4.78, 5) is 16.6. The Labute approximate surface area is 118 Å². The van der Waals surface area contributed by atoms with Gasteiger partial charge in [0.15, 0.2) is 0 Å². The monoisotopic (exact) mass is 325 g/mol. The van der Waals surface area contributed by atoms with Crippen LogP contribution >= 0.6 is 27.3 Å². The van der Waals surface area contributed by atoms with Crippen molar-refractivity contribution in [3.8, 4) is 0 Å². The number of aromatic nitrogens is 1. The first-order valence-electron chi connectivity index (χ1n) is 5.37. The van der Waals surface area contributed by atoms with Gasteiger partial charge in [-0.25, -0.2) is 4.79 Å². The van der Waals surface area contributed by atoms with Crippen molar-refractivity contribution in [3.05, 3.63) is 50.9 Å². The Hall–Kier alpha value is -1.40. The molecular formula is C12H12BrN3OS. The SMILES string of the molecule is O=C(NCc1cccnc1)NCc1cc(Br)cs1. The molecule has 0 fully saturated rings. The maximum absolute atomic E-state index is 11.5. The molecule has 0 unspecified atom stereocenters. The highest BCUT2D eigenvalue weighted by Gasteiger charge is 2.02. The number of carbonyl (C=O) groups is 1. The molecule has 0 saturated carbocycles. The van der Waals surface area contributed by atoms with Crippen LogP contribution in [-0.4, -0.2) is 11.0 Å². The van der Waals surface area contributed by atoms with Crippen molar-refractivity contribution in [1.29, 1.82) is 0 Å². The van der Waals surface area contributed by atoms with E-state index in [4.69, 9.17) is 0 Å². The minimum atomic E-state index is -0.177. The van der Waals surface area contributed by atoms with Crippen molar-refractivity contribution in [2.45, 2.75) is 13.1 Å². The largest absolute Gasteiger partial charge is 0.334 e. The molecule has 0 radical (unpaired) electrons. The highest BCUT2D eigenvalue weighted by Crippen LogP contribution is 2.19. The Kier molecular flexibility index (Phi) is 4.72. The van der Waals surface area contributed by atoms with Gasteiger partial charge in [0.2, 0.25) is 0 Å². The first kappa shape index (κ1) is 13.0. The van der Waals surface area contributed by atoms with E-state index in [-0.39, 0.29) is 6.03 Å². The van der Waals surface area contributed by atoms with Crippen molar-refractivity contribution in [1.82, 2.24) is 15.6 Å². The van der Waals surface area contributed by atoms with Gasteiger partial charge in [-0.15, -0.1) is 11.3 Å². The maximum Gasteiger partial charge on any atom is 0.315 e. The lowest BCUT2D eigenvalue weighted by Gasteiger charge is -2.06. The third-order valence-electron chi connectivity index (χ3n) is 2.22. The van der Waals surface area contributed by atoms with Crippen LogP contribution in [0.3, 0.4) is 0 Å². The Balaban J connectivity index is 1.73. The number of nitrogens with one attached hydrogen (secondary N) is 2. The van der Waals surface area contributed by atoms with E-state index in [1.54, 1.807) is 23.7 Å². The van der Waals surface area contributed by atoms with Crippen molar-refractivity contribution >= 4 is 33.3 Å². The lowest BCUT2D eigenvalue weighted by Crippen LogP contribution is -2.34. The molecule has 6 heteroatoms. The van der Waals surface area contributed by atoms with Crippen LogP contribution < -0.4 is 10.6 Å². The summed E-state index contributed by atoms with van der Waals surface area (Å²) in [6, 6.07) is 5.58. The predicted octanol–water partition coefficient (Wildman–Crippen LogP) is 2.91. The van der Waals surface area contributed by atoms with Gasteiger partial charge in [-0.05, 0) is 33.6 Å². The van der Waals surface area contributed by atoms with Crippen LogP contribution in [0.2, 0.25) is 0 Å². The molecule has 0 aliphatic rings. The molecule has 0 aliphatic carbocycles. The second-order valence-corrected chi connectivity index (χ2v) is 5.54. The molecule has 2 heterocycles. The van der Waals surface area contributed by atoms with Gasteiger partial charge in [0.05, 0.1) is 6.54 Å². The van der Waals surface area contributed by atoms with Gasteiger partial charge in [0.1, 0.15) is 0 Å². The smallest absolute Gasteiger partial charge is 0.315 e. The number of urea groups is 1. The maximum atomic E-state index is 11.5. The Morgan fingerprint density at radius 2 is 2.22 bits per heavy atom. The number of rotatable bonds is 4. The van der Waals surface area contributed by atoms with Gasteiger partial charge in [-0.3, -0.25) is 4.98 Å². The molecule has 18 heavy (non-hydrogen) atoms. The van der Waals surface area contributed by atoms with Crippen LogP contribution in [0, 0.1) is 0 Å². The number of thiophene rings is 1. The van der Waals surface area contributed by atoms with Gasteiger partial charge in [0, 0.05) is 33.7 Å². The molecule has 0 bridgehead atoms. The van der Waals surface area contributed by atoms with Crippen molar-refractivity contribution in [3.63, 3.8) is 0 Å². The van der Waals surface area contributed by atoms with E-state index in [0.717, 1.165) is 14.9 Å². The van der Waals surface area contributed by atoms with E-state index in [0.29, 0.717) is 13.1 Å². The molecule has 2 aromatic rings. The van der Waals surface area contributed by atoms with E-state index in [1.165, 1.54) is 0 Å². The lowest BCUT2D eigenvalue weighted by molar-refractivity contribution is 0.240. The molecule has 2 rings (SSSR count). The van der Waals surface area contributed by atoms with Crippen LogP contribution in [0.1, 0.15) is 10.4 Å². The summed E-state index contributed by atoms with van der Waals surface area (Å²) >= 11 is 4.98. The molecule has 2 amide bonds. The summed E-state index contributed by atoms with van der Waals surface area (Å²) in [7, 11) is 0. The number of nitrogens with zero attached hydrogens (tertiary/aromatic N) is 1. The fourth-order valence-corrected chi connectivity index (χ4v) is 2.75. The summed E-state index contributed by atoms with van der Waals surface area (Å²) in [5.74, 6) is 0. The fourth-order valence-electron chi connectivity index (χ4n) is 1.36. The first-order chi connectivity index (χ1) is 8.74. The number of carbonyl (C=O) groups excluding carboxylic acids is 1. The van der Waals surface area contributed by atoms with Crippen molar-refractivity contribution < 1.29 is 4.79 Å². The number of pyridine rings is 1. The predicted molar refractivity (Wildman–Crippen MR) is 75.3 cm³/mol. The molecule has 0 saturated heterocycles. The average Bonchev–Trinajstić information content (AvgIpc) is 2.81. The van der Waals surface area contributed by atoms with Crippen LogP contribution in [-0.2, 0) is 13.1 Å². The number of amides is 2. The van der Waals surface area contributed by atoms with Crippen LogP contribution in [0.5, 0.6) is 0 Å². The summed E-state index contributed by atoms with van der Waals surface area (Å²) in [6.45, 7) is 1.02. The minimum absolute atomic E-state index is 0.177. The van der Waals surface area contributed by atoms with Gasteiger partial charge in [0.25, 0.3) is 0 Å². The second kappa shape index (κ2) is 6.51. The molecule has 4 nitrogen and oxygen atoms in total. The Bertz CT molecular complexity index is 515. The fraction of sp³-hybridized carbons (Fsp3) is 0.167. The van der Waals surface area contributed by atoms with E-state index in [9.17, 15) is 4.79 Å². The summed E-state index contributed by atoms with van der Waals surface area (Å²) in [6.07, 6.45) is 3.44. The quantitative estimate of drug-likeness (QED) is 0.908. The number of hydrogen-bond acceptors (Lipinski definition) is 3. The molecular weight excluding hydrogens is 314 g/mol. The zero-order chi connectivity index (χ0) is 12.8. The standard InChI is InChI=1S/C12H12BrN3OS/c13-10-4-11(18-8-10)7-16-12(17)15-6-9-2-1-3-14-5-9/h1-5,8H,6-7H2,(H2,15,16,17). The molecule has 2 aromatic heterocycles. The zero-order valence-electron chi connectivity index (χ0n) is 9.52. The van der Waals surface area contributed by atoms with E-state index < -0.39 is 0 Å². The van der Waals surface area contributed by atoms with Crippen LogP contribution in [0.25, 0.3) is 0 Å². The van der Waals surface area contributed by atoms with Crippen molar-refractivity contribution in [2.24, 2.45) is 0 Å². The summed E-state index contributed by atoms with van der Waals surface area (Å²) in [5.41, 5.74) is 0.978. The first-order valence-corrected chi connectivity index (χ1v) is 7.05. The molecule has 0 aliphatic heterocycles. The van der Waals surface area contributed by atoms with Gasteiger partial charge >= 0.3 is 6.03 Å². The van der Waals surface area contributed by atoms with Crippen molar-refractivity contribution in [2.75, 3.05) is 0 Å². The highest BCUT2D eigenvalue weighted by molar-refractivity contribution is 9.10. The van der Waals surface area contributed by atoms with E-state index in [2.05, 4.69) is 31.5 Å². The second-order valence-electron chi connectivity index (χ2n) is 3.63. The molecule has 0 atom stereocenters. The Morgan fingerprint density at radius 3 is 2.89 bits per heavy atom. The number of hydrogen-bond donors (Lipinski definition) is 2. The average molecular weight is 326 g/mol. The minimum Gasteiger partial charge on any atom is -0.334 e. The van der Waals surface area contributed by atoms with Crippen LogP contribution in [0.15, 0.2) is 40.4 Å². The molecule has 0 aromatic carbocycles. The molecule has 0 spiro atoms. The van der Waals surface area contributed by atoms with E-state index >= 15 is 0 Å². The van der Waals surface area contributed by atoms with Gasteiger partial charge in [-0.1, -0.05) is 6.07 Å². The molecule has 2 N–H and O–H groups in total. The Morgan fingerprint density at radius 1 is 1.39 bits per heavy atom. The van der Waals surface area contributed by atoms with Gasteiger partial charge < -0.3 is 10.6 Å². The normalized spacial score (nSPS) is 10.1. The third-order valence-corrected chi connectivity index (χ3v) is 3.92. The van der Waals surface area contributed by atoms with E-state index in [1.807, 2.05) is 23.6 Å². The van der Waals surface area contributed by atoms with Crippen LogP contribution in [0.4, 0.5) is 4.79 Å². The lowest BCUT2D eigenvalue weighted by atomic mass is 10.3. The summed E-state index contributed by atoms with van der Waals surface area (Å²) in [5, 5.41) is 7.57. The summed E-state index contributed by atoms with van der Waals surface area (Å²) < 4.78 is 1.04. The highest BCUT2D eigenvalue weighted by atomic mass is 79.9. The zero-order valence-corrected chi connectivity index (χ0v) is 11.9.